The van der Waals surface area contributed by atoms with Crippen LogP contribution in [0.15, 0.2) is 42.5 Å². The van der Waals surface area contributed by atoms with Crippen LogP contribution in [0, 0.1) is 6.92 Å². The molecule has 2 aliphatic rings. The Morgan fingerprint density at radius 3 is 2.93 bits per heavy atom. The summed E-state index contributed by atoms with van der Waals surface area (Å²) in [5, 5.41) is 5.75. The van der Waals surface area contributed by atoms with Crippen LogP contribution in [0.1, 0.15) is 28.0 Å². The lowest BCUT2D eigenvalue weighted by Gasteiger charge is -2.52. The third-order valence-corrected chi connectivity index (χ3v) is 6.20. The van der Waals surface area contributed by atoms with Gasteiger partial charge in [-0.15, -0.1) is 0 Å². The molecule has 3 heterocycles. The molecule has 3 aromatic rings. The van der Waals surface area contributed by atoms with Crippen molar-refractivity contribution in [1.29, 1.82) is 0 Å². The molecular formula is C22H20ClN3O2S. The predicted octanol–water partition coefficient (Wildman–Crippen LogP) is 4.22. The monoisotopic (exact) mass is 425 g/mol. The minimum absolute atomic E-state index is 0.0716. The Kier molecular flexibility index (Phi) is 4.29. The molecule has 0 atom stereocenters. The van der Waals surface area contributed by atoms with Gasteiger partial charge in [-0.3, -0.25) is 4.79 Å². The number of aromatic nitrogens is 1. The third kappa shape index (κ3) is 3.36. The second-order valence-electron chi connectivity index (χ2n) is 7.91. The summed E-state index contributed by atoms with van der Waals surface area (Å²) in [6.07, 6.45) is 0.350. The van der Waals surface area contributed by atoms with E-state index in [9.17, 15) is 4.79 Å². The van der Waals surface area contributed by atoms with E-state index in [0.717, 1.165) is 11.2 Å². The summed E-state index contributed by atoms with van der Waals surface area (Å²) in [6, 6.07) is 13.7. The van der Waals surface area contributed by atoms with Gasteiger partial charge < -0.3 is 19.9 Å². The van der Waals surface area contributed by atoms with E-state index in [1.807, 2.05) is 4.90 Å². The van der Waals surface area contributed by atoms with Crippen molar-refractivity contribution in [3.63, 3.8) is 0 Å². The Morgan fingerprint density at radius 2 is 2.10 bits per heavy atom. The topological polar surface area (TPSA) is 57.4 Å². The molecule has 7 heteroatoms. The van der Waals surface area contributed by atoms with Crippen LogP contribution in [-0.2, 0) is 6.54 Å². The van der Waals surface area contributed by atoms with Crippen molar-refractivity contribution in [2.45, 2.75) is 25.5 Å². The number of nitrogens with zero attached hydrogens (tertiary/aromatic N) is 1. The lowest BCUT2D eigenvalue weighted by atomic mass is 9.84. The highest BCUT2D eigenvalue weighted by Crippen LogP contribution is 2.39. The number of fused-ring (bicyclic) bond motifs is 2. The van der Waals surface area contributed by atoms with Gasteiger partial charge in [-0.2, -0.15) is 0 Å². The summed E-state index contributed by atoms with van der Waals surface area (Å²) in [6.45, 7) is 3.91. The molecule has 1 fully saturated rings. The first-order valence-electron chi connectivity index (χ1n) is 9.54. The minimum atomic E-state index is -0.495. The maximum absolute atomic E-state index is 12.5. The number of nitrogens with one attached hydrogen (secondary N) is 2. The largest absolute Gasteiger partial charge is 0.482 e. The molecule has 148 valence electrons. The molecule has 29 heavy (non-hydrogen) atoms. The predicted molar refractivity (Wildman–Crippen MR) is 118 cm³/mol. The van der Waals surface area contributed by atoms with E-state index in [1.165, 1.54) is 10.9 Å². The minimum Gasteiger partial charge on any atom is -0.482 e. The highest BCUT2D eigenvalue weighted by Gasteiger charge is 2.50. The average Bonchev–Trinajstić information content (AvgIpc) is 3.04. The molecule has 1 aromatic heterocycles. The van der Waals surface area contributed by atoms with Crippen molar-refractivity contribution < 1.29 is 9.53 Å². The smallest absolute Gasteiger partial charge is 0.170 e. The number of ether oxygens (including phenoxy) is 1. The Hall–Kier alpha value is -2.57. The number of thiocarbonyl (C=S) groups is 1. The number of benzene rings is 2. The zero-order valence-corrected chi connectivity index (χ0v) is 17.5. The van der Waals surface area contributed by atoms with Crippen molar-refractivity contribution >= 4 is 45.6 Å². The zero-order chi connectivity index (χ0) is 20.2. The molecule has 1 saturated heterocycles. The number of Topliss-reactive ketones (excluding diaryl/α,β-unsaturated/α-hetero) is 1. The Bertz CT molecular complexity index is 1150. The highest BCUT2D eigenvalue weighted by molar-refractivity contribution is 7.80. The number of rotatable bonds is 2. The van der Waals surface area contributed by atoms with Crippen LogP contribution in [0.5, 0.6) is 5.75 Å². The number of ketones is 1. The number of aryl methyl sites for hydroxylation is 1. The summed E-state index contributed by atoms with van der Waals surface area (Å²) in [5.41, 5.74) is 3.53. The maximum atomic E-state index is 12.5. The van der Waals surface area contributed by atoms with E-state index in [-0.39, 0.29) is 5.78 Å². The van der Waals surface area contributed by atoms with Crippen LogP contribution in [0.4, 0.5) is 0 Å². The zero-order valence-electron chi connectivity index (χ0n) is 15.9. The Labute approximate surface area is 179 Å². The number of aromatic amines is 1. The van der Waals surface area contributed by atoms with Gasteiger partial charge in [-0.25, -0.2) is 0 Å². The molecular weight excluding hydrogens is 406 g/mol. The van der Waals surface area contributed by atoms with Crippen LogP contribution in [-0.4, -0.2) is 39.5 Å². The van der Waals surface area contributed by atoms with Gasteiger partial charge >= 0.3 is 0 Å². The summed E-state index contributed by atoms with van der Waals surface area (Å²) >= 11 is 11.6. The van der Waals surface area contributed by atoms with Crippen molar-refractivity contribution in [2.24, 2.45) is 0 Å². The molecule has 1 spiro atoms. The lowest BCUT2D eigenvalue weighted by Crippen LogP contribution is -2.69. The van der Waals surface area contributed by atoms with Crippen molar-refractivity contribution in [3.05, 3.63) is 64.3 Å². The highest BCUT2D eigenvalue weighted by atomic mass is 35.5. The normalized spacial score (nSPS) is 17.0. The number of halogens is 1. The van der Waals surface area contributed by atoms with E-state index < -0.39 is 5.60 Å². The van der Waals surface area contributed by atoms with Crippen molar-refractivity contribution in [2.75, 3.05) is 13.1 Å². The van der Waals surface area contributed by atoms with Crippen LogP contribution < -0.4 is 10.1 Å². The van der Waals surface area contributed by atoms with E-state index in [0.29, 0.717) is 47.5 Å². The number of H-pyrrole nitrogens is 1. The molecule has 2 aliphatic heterocycles. The van der Waals surface area contributed by atoms with Gasteiger partial charge in [0.25, 0.3) is 0 Å². The fourth-order valence-electron chi connectivity index (χ4n) is 4.16. The van der Waals surface area contributed by atoms with Crippen molar-refractivity contribution in [1.82, 2.24) is 15.2 Å². The first kappa shape index (κ1) is 18.5. The lowest BCUT2D eigenvalue weighted by molar-refractivity contribution is -0.0495. The van der Waals surface area contributed by atoms with E-state index in [4.69, 9.17) is 28.6 Å². The molecule has 2 aromatic carbocycles. The van der Waals surface area contributed by atoms with E-state index in [2.05, 4.69) is 41.5 Å². The maximum Gasteiger partial charge on any atom is 0.170 e. The number of hydrogen-bond donors (Lipinski definition) is 2. The molecule has 0 unspecified atom stereocenters. The van der Waals surface area contributed by atoms with Gasteiger partial charge in [0, 0.05) is 22.8 Å². The first-order valence-corrected chi connectivity index (χ1v) is 10.3. The fourth-order valence-corrected chi connectivity index (χ4v) is 4.54. The van der Waals surface area contributed by atoms with Gasteiger partial charge in [-0.05, 0) is 66.5 Å². The molecule has 0 saturated carbocycles. The summed E-state index contributed by atoms with van der Waals surface area (Å²) in [4.78, 5) is 17.9. The average molecular weight is 426 g/mol. The summed E-state index contributed by atoms with van der Waals surface area (Å²) in [5.74, 6) is 0.682. The molecule has 0 bridgehead atoms. The number of hydrogen-bond acceptors (Lipinski definition) is 3. The molecule has 0 aliphatic carbocycles. The molecule has 2 N–H and O–H groups in total. The molecule has 5 rings (SSSR count). The quantitative estimate of drug-likeness (QED) is 0.602. The van der Waals surface area contributed by atoms with Gasteiger partial charge in [0.2, 0.25) is 0 Å². The van der Waals surface area contributed by atoms with E-state index >= 15 is 0 Å². The van der Waals surface area contributed by atoms with Gasteiger partial charge in [0.15, 0.2) is 16.5 Å². The molecule has 0 amide bonds. The number of carbonyl (C=O) groups is 1. The van der Waals surface area contributed by atoms with Crippen LogP contribution >= 0.6 is 23.8 Å². The van der Waals surface area contributed by atoms with Gasteiger partial charge in [0.1, 0.15) is 5.75 Å². The fraction of sp³-hybridized carbons (Fsp3) is 0.273. The number of carbonyl (C=O) groups excluding carboxylic acids is 1. The first-order chi connectivity index (χ1) is 13.9. The standard InChI is InChI=1S/C22H20ClN3O2S/c1-13-6-15-7-14(2-4-18(15)25-13)10-24-21(29)26-11-22(12-26)9-19(27)17-8-16(23)3-5-20(17)28-22/h2-8,25H,9-12H2,1H3,(H,24,29). The van der Waals surface area contributed by atoms with Crippen LogP contribution in [0.2, 0.25) is 5.02 Å². The van der Waals surface area contributed by atoms with Gasteiger partial charge in [0.05, 0.1) is 25.1 Å². The Morgan fingerprint density at radius 1 is 1.28 bits per heavy atom. The second-order valence-corrected chi connectivity index (χ2v) is 8.74. The third-order valence-electron chi connectivity index (χ3n) is 5.56. The summed E-state index contributed by atoms with van der Waals surface area (Å²) < 4.78 is 6.16. The van der Waals surface area contributed by atoms with Crippen molar-refractivity contribution in [3.8, 4) is 5.75 Å². The summed E-state index contributed by atoms with van der Waals surface area (Å²) in [7, 11) is 0. The van der Waals surface area contributed by atoms with E-state index in [1.54, 1.807) is 18.2 Å². The van der Waals surface area contributed by atoms with Crippen LogP contribution in [0.3, 0.4) is 0 Å². The second kappa shape index (κ2) is 6.75. The number of likely N-dealkylation sites (tertiary alicyclic amines) is 1. The SMILES string of the molecule is Cc1cc2cc(CNC(=S)N3CC4(CC(=O)c5cc(Cl)ccc5O4)C3)ccc2[nH]1. The Balaban J connectivity index is 1.21. The van der Waals surface area contributed by atoms with Crippen LogP contribution in [0.25, 0.3) is 10.9 Å². The molecule has 0 radical (unpaired) electrons. The van der Waals surface area contributed by atoms with Gasteiger partial charge in [-0.1, -0.05) is 17.7 Å². The molecule has 5 nitrogen and oxygen atoms in total.